The maximum Gasteiger partial charge on any atom is 0.290 e. The van der Waals surface area contributed by atoms with Crippen molar-refractivity contribution in [2.24, 2.45) is 0 Å². The van der Waals surface area contributed by atoms with Gasteiger partial charge in [0.25, 0.3) is 10.9 Å². The molecular formula is C10H9N3O4S. The van der Waals surface area contributed by atoms with Crippen LogP contribution >= 0.6 is 11.8 Å². The van der Waals surface area contributed by atoms with E-state index in [1.54, 1.807) is 6.07 Å². The van der Waals surface area contributed by atoms with Crippen molar-refractivity contribution >= 4 is 34.3 Å². The molecule has 2 amide bonds. The molecule has 8 heteroatoms. The number of thioether (sulfide) groups is 1. The van der Waals surface area contributed by atoms with E-state index in [1.165, 1.54) is 18.2 Å². The van der Waals surface area contributed by atoms with Crippen LogP contribution in [-0.2, 0) is 4.79 Å². The Morgan fingerprint density at radius 3 is 2.83 bits per heavy atom. The lowest BCUT2D eigenvalue weighted by atomic mass is 10.3. The molecule has 0 bridgehead atoms. The predicted octanol–water partition coefficient (Wildman–Crippen LogP) is 1.66. The lowest BCUT2D eigenvalue weighted by molar-refractivity contribution is -0.384. The number of nitro benzene ring substituents is 1. The van der Waals surface area contributed by atoms with Gasteiger partial charge in [-0.05, 0) is 6.07 Å². The van der Waals surface area contributed by atoms with Gasteiger partial charge in [0.1, 0.15) is 0 Å². The van der Waals surface area contributed by atoms with Crippen LogP contribution in [0.5, 0.6) is 0 Å². The molecule has 1 aliphatic rings. The summed E-state index contributed by atoms with van der Waals surface area (Å²) in [5, 5.41) is 13.1. The molecule has 2 rings (SSSR count). The number of amides is 2. The van der Waals surface area contributed by atoms with E-state index >= 15 is 0 Å². The summed E-state index contributed by atoms with van der Waals surface area (Å²) in [6, 6.07) is 5.87. The maximum atomic E-state index is 11.3. The first-order valence-corrected chi connectivity index (χ1v) is 6.02. The molecule has 0 atom stereocenters. The molecule has 1 aromatic rings. The largest absolute Gasteiger partial charge is 0.367 e. The van der Waals surface area contributed by atoms with Crippen molar-refractivity contribution in [3.63, 3.8) is 0 Å². The molecule has 1 fully saturated rings. The number of non-ortho nitro benzene ring substituents is 1. The predicted molar refractivity (Wildman–Crippen MR) is 66.3 cm³/mol. The van der Waals surface area contributed by atoms with Crippen LogP contribution in [0.1, 0.15) is 0 Å². The van der Waals surface area contributed by atoms with E-state index in [2.05, 4.69) is 5.32 Å². The third-order valence-corrected chi connectivity index (χ3v) is 3.20. The van der Waals surface area contributed by atoms with Crippen LogP contribution in [0.4, 0.5) is 16.2 Å². The highest BCUT2D eigenvalue weighted by molar-refractivity contribution is 8.14. The summed E-state index contributed by atoms with van der Waals surface area (Å²) in [4.78, 5) is 33.8. The number of nitrogens with zero attached hydrogens (tertiary/aromatic N) is 2. The third-order valence-electron chi connectivity index (χ3n) is 2.34. The number of anilines is 1. The van der Waals surface area contributed by atoms with Gasteiger partial charge in [-0.3, -0.25) is 24.6 Å². The first-order chi connectivity index (χ1) is 8.58. The fourth-order valence-electron chi connectivity index (χ4n) is 1.43. The van der Waals surface area contributed by atoms with E-state index < -0.39 is 4.92 Å². The summed E-state index contributed by atoms with van der Waals surface area (Å²) >= 11 is 0.946. The van der Waals surface area contributed by atoms with Gasteiger partial charge in [0.2, 0.25) is 5.91 Å². The normalized spacial score (nSPS) is 15.0. The fourth-order valence-corrected chi connectivity index (χ4v) is 2.16. The molecule has 1 heterocycles. The molecule has 0 saturated carbocycles. The number of nitro groups is 1. The van der Waals surface area contributed by atoms with Crippen LogP contribution in [0, 0.1) is 10.1 Å². The van der Waals surface area contributed by atoms with E-state index in [0.717, 1.165) is 16.7 Å². The van der Waals surface area contributed by atoms with Crippen molar-refractivity contribution < 1.29 is 14.5 Å². The maximum absolute atomic E-state index is 11.3. The zero-order chi connectivity index (χ0) is 13.1. The van der Waals surface area contributed by atoms with Gasteiger partial charge in [-0.25, -0.2) is 0 Å². The molecule has 0 spiro atoms. The van der Waals surface area contributed by atoms with E-state index in [-0.39, 0.29) is 29.3 Å². The highest BCUT2D eigenvalue weighted by atomic mass is 32.2. The topological polar surface area (TPSA) is 92.6 Å². The van der Waals surface area contributed by atoms with E-state index in [0.29, 0.717) is 5.69 Å². The molecule has 7 nitrogen and oxygen atoms in total. The van der Waals surface area contributed by atoms with Crippen LogP contribution in [0.2, 0.25) is 0 Å². The molecule has 18 heavy (non-hydrogen) atoms. The van der Waals surface area contributed by atoms with Crippen molar-refractivity contribution in [1.82, 2.24) is 4.90 Å². The summed E-state index contributed by atoms with van der Waals surface area (Å²) in [6.07, 6.45) is 0. The van der Waals surface area contributed by atoms with Crippen molar-refractivity contribution in [3.8, 4) is 0 Å². The Bertz CT molecular complexity index is 504. The quantitative estimate of drug-likeness (QED) is 0.658. The van der Waals surface area contributed by atoms with Gasteiger partial charge < -0.3 is 5.32 Å². The monoisotopic (exact) mass is 267 g/mol. The Morgan fingerprint density at radius 2 is 2.22 bits per heavy atom. The first kappa shape index (κ1) is 12.4. The van der Waals surface area contributed by atoms with Crippen LogP contribution in [0.25, 0.3) is 0 Å². The minimum absolute atomic E-state index is 0.0197. The van der Waals surface area contributed by atoms with Gasteiger partial charge in [-0.2, -0.15) is 0 Å². The van der Waals surface area contributed by atoms with Crippen LogP contribution in [-0.4, -0.2) is 33.4 Å². The van der Waals surface area contributed by atoms with Crippen molar-refractivity contribution in [3.05, 3.63) is 34.4 Å². The molecule has 0 aromatic heterocycles. The smallest absolute Gasteiger partial charge is 0.290 e. The average molecular weight is 267 g/mol. The van der Waals surface area contributed by atoms with Gasteiger partial charge in [-0.1, -0.05) is 17.8 Å². The minimum Gasteiger partial charge on any atom is -0.367 e. The molecule has 1 N–H and O–H groups in total. The van der Waals surface area contributed by atoms with Crippen LogP contribution in [0.3, 0.4) is 0 Å². The van der Waals surface area contributed by atoms with Gasteiger partial charge in [0.05, 0.1) is 17.3 Å². The molecule has 0 aliphatic carbocycles. The van der Waals surface area contributed by atoms with E-state index in [4.69, 9.17) is 0 Å². The Labute approximate surface area is 106 Å². The summed E-state index contributed by atoms with van der Waals surface area (Å²) in [5.74, 6) is -0.113. The second-order valence-electron chi connectivity index (χ2n) is 3.52. The Balaban J connectivity index is 2.02. The highest BCUT2D eigenvalue weighted by Crippen LogP contribution is 2.20. The van der Waals surface area contributed by atoms with Crippen LogP contribution in [0.15, 0.2) is 24.3 Å². The lowest BCUT2D eigenvalue weighted by Gasteiger charge is -2.14. The zero-order valence-corrected chi connectivity index (χ0v) is 9.98. The number of hydrogen-bond donors (Lipinski definition) is 1. The van der Waals surface area contributed by atoms with E-state index in [1.807, 2.05) is 0 Å². The second-order valence-corrected chi connectivity index (χ2v) is 4.45. The molecular weight excluding hydrogens is 258 g/mol. The number of benzene rings is 1. The van der Waals surface area contributed by atoms with Crippen molar-refractivity contribution in [2.45, 2.75) is 0 Å². The summed E-state index contributed by atoms with van der Waals surface area (Å²) in [5.41, 5.74) is 0.440. The molecule has 0 unspecified atom stereocenters. The molecule has 94 valence electrons. The number of hydrogen-bond acceptors (Lipinski definition) is 6. The summed E-state index contributed by atoms with van der Waals surface area (Å²) < 4.78 is 0. The van der Waals surface area contributed by atoms with Gasteiger partial charge in [-0.15, -0.1) is 0 Å². The number of carbonyl (C=O) groups is 2. The zero-order valence-electron chi connectivity index (χ0n) is 9.16. The van der Waals surface area contributed by atoms with Gasteiger partial charge >= 0.3 is 0 Å². The third kappa shape index (κ3) is 2.59. The second kappa shape index (κ2) is 5.05. The van der Waals surface area contributed by atoms with Crippen molar-refractivity contribution in [1.29, 1.82) is 0 Å². The average Bonchev–Trinajstić information content (AvgIpc) is 2.67. The molecule has 1 saturated heterocycles. The summed E-state index contributed by atoms with van der Waals surface area (Å²) in [7, 11) is 0. The number of rotatable bonds is 4. The van der Waals surface area contributed by atoms with Gasteiger partial charge in [0.15, 0.2) is 0 Å². The Kier molecular flexibility index (Phi) is 3.47. The minimum atomic E-state index is -0.507. The van der Waals surface area contributed by atoms with Gasteiger partial charge in [0, 0.05) is 17.8 Å². The Morgan fingerprint density at radius 1 is 1.44 bits per heavy atom. The summed E-state index contributed by atoms with van der Waals surface area (Å²) in [6.45, 7) is 0.0197. The lowest BCUT2D eigenvalue weighted by Crippen LogP contribution is -2.33. The standard InChI is InChI=1S/C10H9N3O4S/c14-9-5-18-10(15)12(9)6-11-7-2-1-3-8(4-7)13(16)17/h1-4,11H,5-6H2. The highest BCUT2D eigenvalue weighted by Gasteiger charge is 2.29. The SMILES string of the molecule is O=C1CSC(=O)N1CNc1cccc([N+](=O)[O-])c1. The first-order valence-electron chi connectivity index (χ1n) is 5.03. The fraction of sp³-hybridized carbons (Fsp3) is 0.200. The molecule has 1 aromatic carbocycles. The van der Waals surface area contributed by atoms with E-state index in [9.17, 15) is 19.7 Å². The van der Waals surface area contributed by atoms with Crippen molar-refractivity contribution in [2.75, 3.05) is 17.7 Å². The van der Waals surface area contributed by atoms with Crippen LogP contribution < -0.4 is 5.32 Å². The molecule has 0 radical (unpaired) electrons. The molecule has 1 aliphatic heterocycles. The number of imide groups is 1. The Hall–Kier alpha value is -2.09. The number of carbonyl (C=O) groups excluding carboxylic acids is 2. The number of nitrogens with one attached hydrogen (secondary N) is 1.